The molecule has 1 aliphatic rings. The van der Waals surface area contributed by atoms with Crippen LogP contribution < -0.4 is 5.73 Å². The Bertz CT molecular complexity index is 265. The molecule has 4 nitrogen and oxygen atoms in total. The van der Waals surface area contributed by atoms with Gasteiger partial charge in [-0.15, -0.1) is 10.2 Å². The van der Waals surface area contributed by atoms with E-state index in [0.29, 0.717) is 17.6 Å². The average molecular weight is 199 g/mol. The molecule has 2 N–H and O–H groups in total. The maximum absolute atomic E-state index is 5.69. The molecule has 1 unspecified atom stereocenters. The highest BCUT2D eigenvalue weighted by Crippen LogP contribution is 2.35. The SMILES string of the molecule is NC(CS)c1nnc(C2CCC2)o1. The van der Waals surface area contributed by atoms with E-state index in [9.17, 15) is 0 Å². The second-order valence-electron chi connectivity index (χ2n) is 3.40. The molecule has 1 atom stereocenters. The summed E-state index contributed by atoms with van der Waals surface area (Å²) in [5, 5.41) is 7.88. The lowest BCUT2D eigenvalue weighted by atomic mass is 9.85. The van der Waals surface area contributed by atoms with E-state index < -0.39 is 0 Å². The second-order valence-corrected chi connectivity index (χ2v) is 3.76. The first-order valence-electron chi connectivity index (χ1n) is 4.51. The van der Waals surface area contributed by atoms with E-state index in [2.05, 4.69) is 22.8 Å². The number of nitrogens with zero attached hydrogens (tertiary/aromatic N) is 2. The normalized spacial score (nSPS) is 19.8. The lowest BCUT2D eigenvalue weighted by molar-refractivity contribution is 0.320. The molecule has 1 aromatic rings. The van der Waals surface area contributed by atoms with Crippen LogP contribution in [0.25, 0.3) is 0 Å². The number of nitrogens with two attached hydrogens (primary N) is 1. The Morgan fingerprint density at radius 2 is 2.31 bits per heavy atom. The van der Waals surface area contributed by atoms with Crippen molar-refractivity contribution in [2.75, 3.05) is 5.75 Å². The van der Waals surface area contributed by atoms with Gasteiger partial charge in [0.2, 0.25) is 11.8 Å². The summed E-state index contributed by atoms with van der Waals surface area (Å²) in [4.78, 5) is 0. The first-order chi connectivity index (χ1) is 6.31. The summed E-state index contributed by atoms with van der Waals surface area (Å²) in [5.74, 6) is 2.27. The summed E-state index contributed by atoms with van der Waals surface area (Å²) in [6, 6.07) is -0.232. The van der Waals surface area contributed by atoms with E-state index in [1.165, 1.54) is 6.42 Å². The molecular weight excluding hydrogens is 186 g/mol. The van der Waals surface area contributed by atoms with Gasteiger partial charge in [0.25, 0.3) is 0 Å². The van der Waals surface area contributed by atoms with Crippen molar-refractivity contribution in [1.82, 2.24) is 10.2 Å². The van der Waals surface area contributed by atoms with Crippen molar-refractivity contribution in [3.8, 4) is 0 Å². The fraction of sp³-hybridized carbons (Fsp3) is 0.750. The van der Waals surface area contributed by atoms with Crippen LogP contribution in [0.2, 0.25) is 0 Å². The lowest BCUT2D eigenvalue weighted by Gasteiger charge is -2.20. The summed E-state index contributed by atoms with van der Waals surface area (Å²) >= 11 is 4.07. The van der Waals surface area contributed by atoms with Gasteiger partial charge < -0.3 is 10.2 Å². The van der Waals surface area contributed by atoms with E-state index in [1.807, 2.05) is 0 Å². The third kappa shape index (κ3) is 1.71. The second kappa shape index (κ2) is 3.67. The van der Waals surface area contributed by atoms with Crippen LogP contribution in [0.4, 0.5) is 0 Å². The van der Waals surface area contributed by atoms with Gasteiger partial charge in [0.1, 0.15) is 0 Å². The highest BCUT2D eigenvalue weighted by atomic mass is 32.1. The van der Waals surface area contributed by atoms with Crippen LogP contribution in [0, 0.1) is 0 Å². The van der Waals surface area contributed by atoms with Crippen molar-refractivity contribution in [3.05, 3.63) is 11.8 Å². The number of rotatable bonds is 3. The van der Waals surface area contributed by atoms with E-state index in [0.717, 1.165) is 18.7 Å². The van der Waals surface area contributed by atoms with Crippen molar-refractivity contribution in [1.29, 1.82) is 0 Å². The third-order valence-electron chi connectivity index (χ3n) is 2.42. The van der Waals surface area contributed by atoms with Crippen molar-refractivity contribution in [2.45, 2.75) is 31.2 Å². The summed E-state index contributed by atoms with van der Waals surface area (Å²) in [6.45, 7) is 0. The Labute approximate surface area is 82.3 Å². The van der Waals surface area contributed by atoms with E-state index in [-0.39, 0.29) is 6.04 Å². The molecule has 1 saturated carbocycles. The zero-order valence-electron chi connectivity index (χ0n) is 7.31. The molecule has 1 fully saturated rings. The Morgan fingerprint density at radius 1 is 1.54 bits per heavy atom. The third-order valence-corrected chi connectivity index (χ3v) is 2.82. The first-order valence-corrected chi connectivity index (χ1v) is 5.14. The maximum atomic E-state index is 5.69. The highest BCUT2D eigenvalue weighted by Gasteiger charge is 2.25. The van der Waals surface area contributed by atoms with Gasteiger partial charge in [-0.1, -0.05) is 6.42 Å². The smallest absolute Gasteiger partial charge is 0.234 e. The van der Waals surface area contributed by atoms with Crippen molar-refractivity contribution in [2.24, 2.45) is 5.73 Å². The van der Waals surface area contributed by atoms with Crippen LogP contribution in [0.3, 0.4) is 0 Å². The minimum absolute atomic E-state index is 0.232. The Balaban J connectivity index is 2.08. The number of hydrogen-bond donors (Lipinski definition) is 2. The van der Waals surface area contributed by atoms with E-state index in [1.54, 1.807) is 0 Å². The molecule has 5 heteroatoms. The monoisotopic (exact) mass is 199 g/mol. The quantitative estimate of drug-likeness (QED) is 0.719. The highest BCUT2D eigenvalue weighted by molar-refractivity contribution is 7.80. The predicted molar refractivity (Wildman–Crippen MR) is 51.7 cm³/mol. The number of thiol groups is 1. The molecule has 72 valence electrons. The molecule has 0 bridgehead atoms. The molecule has 1 aromatic heterocycles. The number of aromatic nitrogens is 2. The maximum Gasteiger partial charge on any atom is 0.234 e. The molecule has 1 aliphatic carbocycles. The molecule has 0 radical (unpaired) electrons. The van der Waals surface area contributed by atoms with Crippen LogP contribution in [0.5, 0.6) is 0 Å². The van der Waals surface area contributed by atoms with Crippen LogP contribution in [-0.4, -0.2) is 16.0 Å². The summed E-state index contributed by atoms with van der Waals surface area (Å²) in [5.41, 5.74) is 5.69. The molecule has 13 heavy (non-hydrogen) atoms. The Hall–Kier alpha value is -0.550. The van der Waals surface area contributed by atoms with Crippen molar-refractivity contribution < 1.29 is 4.42 Å². The van der Waals surface area contributed by atoms with Crippen LogP contribution in [-0.2, 0) is 0 Å². The van der Waals surface area contributed by atoms with E-state index in [4.69, 9.17) is 10.2 Å². The van der Waals surface area contributed by atoms with Crippen molar-refractivity contribution in [3.63, 3.8) is 0 Å². The molecule has 0 aromatic carbocycles. The van der Waals surface area contributed by atoms with Gasteiger partial charge in [-0.2, -0.15) is 12.6 Å². The standard InChI is InChI=1S/C8H13N3OS/c9-6(4-13)8-11-10-7(12-8)5-2-1-3-5/h5-6,13H,1-4,9H2. The Kier molecular flexibility index (Phi) is 2.55. The fourth-order valence-electron chi connectivity index (χ4n) is 1.29. The minimum atomic E-state index is -0.232. The largest absolute Gasteiger partial charge is 0.423 e. The lowest BCUT2D eigenvalue weighted by Crippen LogP contribution is -2.12. The molecule has 1 heterocycles. The van der Waals surface area contributed by atoms with Crippen LogP contribution in [0.15, 0.2) is 4.42 Å². The average Bonchev–Trinajstić information content (AvgIpc) is 2.49. The zero-order valence-corrected chi connectivity index (χ0v) is 8.20. The van der Waals surface area contributed by atoms with Gasteiger partial charge in [0.05, 0.1) is 6.04 Å². The van der Waals surface area contributed by atoms with Gasteiger partial charge in [0, 0.05) is 11.7 Å². The summed E-state index contributed by atoms with van der Waals surface area (Å²) in [6.07, 6.45) is 3.59. The zero-order chi connectivity index (χ0) is 9.26. The van der Waals surface area contributed by atoms with Gasteiger partial charge in [-0.05, 0) is 12.8 Å². The van der Waals surface area contributed by atoms with Gasteiger partial charge in [-0.3, -0.25) is 0 Å². The molecule has 0 amide bonds. The van der Waals surface area contributed by atoms with E-state index >= 15 is 0 Å². The molecule has 0 saturated heterocycles. The Morgan fingerprint density at radius 3 is 2.85 bits per heavy atom. The predicted octanol–water partition coefficient (Wildman–Crippen LogP) is 1.27. The van der Waals surface area contributed by atoms with Gasteiger partial charge in [0.15, 0.2) is 0 Å². The summed E-state index contributed by atoms with van der Waals surface area (Å²) < 4.78 is 5.44. The molecular formula is C8H13N3OS. The first kappa shape index (κ1) is 9.02. The van der Waals surface area contributed by atoms with Gasteiger partial charge >= 0.3 is 0 Å². The minimum Gasteiger partial charge on any atom is -0.423 e. The molecule has 0 spiro atoms. The van der Waals surface area contributed by atoms with Crippen LogP contribution >= 0.6 is 12.6 Å². The molecule has 2 rings (SSSR count). The number of hydrogen-bond acceptors (Lipinski definition) is 5. The van der Waals surface area contributed by atoms with Crippen molar-refractivity contribution >= 4 is 12.6 Å². The molecule has 0 aliphatic heterocycles. The fourth-order valence-corrected chi connectivity index (χ4v) is 1.45. The topological polar surface area (TPSA) is 64.9 Å². The van der Waals surface area contributed by atoms with Crippen LogP contribution in [0.1, 0.15) is 43.0 Å². The summed E-state index contributed by atoms with van der Waals surface area (Å²) in [7, 11) is 0. The van der Waals surface area contributed by atoms with Gasteiger partial charge in [-0.25, -0.2) is 0 Å².